The third kappa shape index (κ3) is 3.97. The van der Waals surface area contributed by atoms with E-state index in [0.717, 1.165) is 12.8 Å². The summed E-state index contributed by atoms with van der Waals surface area (Å²) in [6.45, 7) is 0.758. The maximum atomic E-state index is 12.5. The fourth-order valence-corrected chi connectivity index (χ4v) is 4.99. The van der Waals surface area contributed by atoms with Crippen molar-refractivity contribution in [2.24, 2.45) is 5.92 Å². The van der Waals surface area contributed by atoms with Gasteiger partial charge in [-0.1, -0.05) is 25.7 Å². The molecule has 2 heterocycles. The van der Waals surface area contributed by atoms with Crippen molar-refractivity contribution in [1.82, 2.24) is 19.6 Å². The van der Waals surface area contributed by atoms with E-state index in [1.807, 2.05) is 0 Å². The molecular weight excluding hydrogens is 328 g/mol. The van der Waals surface area contributed by atoms with Crippen LogP contribution < -0.4 is 5.32 Å². The molecule has 0 unspecified atom stereocenters. The average Bonchev–Trinajstić information content (AvgIpc) is 3.02. The minimum Gasteiger partial charge on any atom is -0.353 e. The summed E-state index contributed by atoms with van der Waals surface area (Å²) in [5.41, 5.74) is 0. The summed E-state index contributed by atoms with van der Waals surface area (Å²) in [6.07, 6.45) is 10.9. The Morgan fingerprint density at radius 2 is 1.79 bits per heavy atom. The number of carbonyl (C=O) groups is 1. The molecule has 1 aromatic rings. The molecule has 1 aliphatic heterocycles. The fraction of sp³-hybridized carbons (Fsp3) is 0.750. The van der Waals surface area contributed by atoms with Crippen LogP contribution in [0.5, 0.6) is 0 Å². The second-order valence-electron chi connectivity index (χ2n) is 6.79. The van der Waals surface area contributed by atoms with Gasteiger partial charge in [0.25, 0.3) is 10.0 Å². The molecule has 0 aromatic carbocycles. The summed E-state index contributed by atoms with van der Waals surface area (Å²) in [5, 5.41) is 3.30. The Bertz CT molecular complexity index is 628. The van der Waals surface area contributed by atoms with E-state index >= 15 is 0 Å². The van der Waals surface area contributed by atoms with E-state index in [2.05, 4.69) is 15.3 Å². The number of imidazole rings is 1. The van der Waals surface area contributed by atoms with Gasteiger partial charge in [-0.25, -0.2) is 13.4 Å². The molecule has 8 heteroatoms. The molecule has 2 fully saturated rings. The number of piperidine rings is 1. The van der Waals surface area contributed by atoms with Crippen molar-refractivity contribution < 1.29 is 13.2 Å². The van der Waals surface area contributed by atoms with Crippen LogP contribution in [0.1, 0.15) is 51.4 Å². The zero-order chi connectivity index (χ0) is 17.0. The smallest absolute Gasteiger partial charge is 0.260 e. The third-order valence-corrected chi connectivity index (χ3v) is 6.94. The summed E-state index contributed by atoms with van der Waals surface area (Å²) in [5.74, 6) is 0.0157. The van der Waals surface area contributed by atoms with Crippen molar-refractivity contribution in [2.75, 3.05) is 13.1 Å². The number of H-pyrrole nitrogens is 1. The lowest BCUT2D eigenvalue weighted by Crippen LogP contribution is -2.45. The minimum atomic E-state index is -3.52. The van der Waals surface area contributed by atoms with Crippen LogP contribution in [-0.4, -0.2) is 47.7 Å². The number of aromatic amines is 1. The van der Waals surface area contributed by atoms with Crippen molar-refractivity contribution in [3.8, 4) is 0 Å². The highest BCUT2D eigenvalue weighted by molar-refractivity contribution is 7.89. The molecule has 2 N–H and O–H groups in total. The SMILES string of the molecule is O=C(NC1CCCCCC1)C1CCN(S(=O)(=O)c2cnc[nH]2)CC1. The Morgan fingerprint density at radius 3 is 2.38 bits per heavy atom. The van der Waals surface area contributed by atoms with Crippen LogP contribution in [0.4, 0.5) is 0 Å². The fourth-order valence-electron chi connectivity index (χ4n) is 3.62. The zero-order valence-electron chi connectivity index (χ0n) is 13.9. The number of hydrogen-bond acceptors (Lipinski definition) is 4. The predicted molar refractivity (Wildman–Crippen MR) is 89.7 cm³/mol. The first-order valence-electron chi connectivity index (χ1n) is 8.86. The Morgan fingerprint density at radius 1 is 1.12 bits per heavy atom. The molecule has 1 amide bonds. The number of rotatable bonds is 4. The van der Waals surface area contributed by atoms with Gasteiger partial charge in [-0.3, -0.25) is 4.79 Å². The van der Waals surface area contributed by atoms with Gasteiger partial charge in [-0.2, -0.15) is 4.31 Å². The van der Waals surface area contributed by atoms with E-state index in [4.69, 9.17) is 0 Å². The number of nitrogens with zero attached hydrogens (tertiary/aromatic N) is 2. The van der Waals surface area contributed by atoms with E-state index in [1.165, 1.54) is 42.5 Å². The number of aromatic nitrogens is 2. The third-order valence-electron chi connectivity index (χ3n) is 5.12. The molecule has 1 aliphatic carbocycles. The Kier molecular flexibility index (Phi) is 5.55. The van der Waals surface area contributed by atoms with Gasteiger partial charge in [0, 0.05) is 25.0 Å². The van der Waals surface area contributed by atoms with E-state index in [1.54, 1.807) is 0 Å². The first-order chi connectivity index (χ1) is 11.6. The Hall–Kier alpha value is -1.41. The lowest BCUT2D eigenvalue weighted by atomic mass is 9.96. The van der Waals surface area contributed by atoms with Crippen molar-refractivity contribution >= 4 is 15.9 Å². The Labute approximate surface area is 143 Å². The highest BCUT2D eigenvalue weighted by Crippen LogP contribution is 2.24. The number of hydrogen-bond donors (Lipinski definition) is 2. The van der Waals surface area contributed by atoms with Gasteiger partial charge >= 0.3 is 0 Å². The summed E-state index contributed by atoms with van der Waals surface area (Å²) in [4.78, 5) is 18.9. The lowest BCUT2D eigenvalue weighted by molar-refractivity contribution is -0.126. The van der Waals surface area contributed by atoms with E-state index in [0.29, 0.717) is 32.0 Å². The number of nitrogens with one attached hydrogen (secondary N) is 2. The molecule has 2 aliphatic rings. The zero-order valence-corrected chi connectivity index (χ0v) is 14.7. The first-order valence-corrected chi connectivity index (χ1v) is 10.3. The van der Waals surface area contributed by atoms with E-state index < -0.39 is 10.0 Å². The first kappa shape index (κ1) is 17.4. The molecule has 1 aromatic heterocycles. The van der Waals surface area contributed by atoms with Crippen molar-refractivity contribution in [2.45, 2.75) is 62.4 Å². The van der Waals surface area contributed by atoms with Crippen LogP contribution in [0, 0.1) is 5.92 Å². The molecule has 3 rings (SSSR count). The molecule has 1 saturated heterocycles. The summed E-state index contributed by atoms with van der Waals surface area (Å²) >= 11 is 0. The second kappa shape index (κ2) is 7.65. The maximum Gasteiger partial charge on any atom is 0.260 e. The van der Waals surface area contributed by atoms with Crippen LogP contribution >= 0.6 is 0 Å². The number of sulfonamides is 1. The number of carbonyl (C=O) groups excluding carboxylic acids is 1. The summed E-state index contributed by atoms with van der Waals surface area (Å²) in [6, 6.07) is 0.298. The van der Waals surface area contributed by atoms with Gasteiger partial charge in [0.05, 0.1) is 12.5 Å². The maximum absolute atomic E-state index is 12.5. The van der Waals surface area contributed by atoms with E-state index in [9.17, 15) is 13.2 Å². The standard InChI is InChI=1S/C16H26N4O3S/c21-16(19-14-5-3-1-2-4-6-14)13-7-9-20(10-8-13)24(22,23)15-11-17-12-18-15/h11-14H,1-10H2,(H,17,18)(H,19,21). The van der Waals surface area contributed by atoms with Gasteiger partial charge in [-0.15, -0.1) is 0 Å². The topological polar surface area (TPSA) is 95.2 Å². The minimum absolute atomic E-state index is 0.0820. The van der Waals surface area contributed by atoms with Crippen LogP contribution in [-0.2, 0) is 14.8 Å². The van der Waals surface area contributed by atoms with Crippen LogP contribution in [0.2, 0.25) is 0 Å². The highest BCUT2D eigenvalue weighted by atomic mass is 32.2. The Balaban J connectivity index is 1.52. The molecule has 24 heavy (non-hydrogen) atoms. The monoisotopic (exact) mass is 354 g/mol. The summed E-state index contributed by atoms with van der Waals surface area (Å²) < 4.78 is 26.3. The van der Waals surface area contributed by atoms with E-state index in [-0.39, 0.29) is 16.9 Å². The van der Waals surface area contributed by atoms with Gasteiger partial charge in [0.1, 0.15) is 0 Å². The van der Waals surface area contributed by atoms with Gasteiger partial charge < -0.3 is 10.3 Å². The summed E-state index contributed by atoms with van der Waals surface area (Å²) in [7, 11) is -3.52. The van der Waals surface area contributed by atoms with Gasteiger partial charge in [-0.05, 0) is 25.7 Å². The van der Waals surface area contributed by atoms with Crippen molar-refractivity contribution in [3.05, 3.63) is 12.5 Å². The normalized spacial score (nSPS) is 22.2. The van der Waals surface area contributed by atoms with Crippen LogP contribution in [0.3, 0.4) is 0 Å². The number of amides is 1. The predicted octanol–water partition coefficient (Wildman–Crippen LogP) is 1.65. The molecule has 134 valence electrons. The largest absolute Gasteiger partial charge is 0.353 e. The van der Waals surface area contributed by atoms with Crippen LogP contribution in [0.25, 0.3) is 0 Å². The quantitative estimate of drug-likeness (QED) is 0.804. The average molecular weight is 354 g/mol. The van der Waals surface area contributed by atoms with Gasteiger partial charge in [0.2, 0.25) is 5.91 Å². The molecule has 0 atom stereocenters. The van der Waals surface area contributed by atoms with Crippen molar-refractivity contribution in [3.63, 3.8) is 0 Å². The van der Waals surface area contributed by atoms with Crippen molar-refractivity contribution in [1.29, 1.82) is 0 Å². The molecule has 0 radical (unpaired) electrons. The van der Waals surface area contributed by atoms with Gasteiger partial charge in [0.15, 0.2) is 5.03 Å². The molecule has 0 bridgehead atoms. The molecule has 0 spiro atoms. The molecule has 1 saturated carbocycles. The molecular formula is C16H26N4O3S. The second-order valence-corrected chi connectivity index (χ2v) is 8.70. The highest BCUT2D eigenvalue weighted by Gasteiger charge is 2.33. The molecule has 7 nitrogen and oxygen atoms in total. The van der Waals surface area contributed by atoms with Crippen LogP contribution in [0.15, 0.2) is 17.6 Å². The lowest BCUT2D eigenvalue weighted by Gasteiger charge is -2.31.